The smallest absolute Gasteiger partial charge is 0.154 e. The van der Waals surface area contributed by atoms with E-state index in [0.717, 1.165) is 35.7 Å². The molecule has 0 saturated carbocycles. The van der Waals surface area contributed by atoms with Gasteiger partial charge in [-0.2, -0.15) is 5.10 Å². The highest BCUT2D eigenvalue weighted by molar-refractivity contribution is 5.64. The number of aryl methyl sites for hydroxylation is 1. The van der Waals surface area contributed by atoms with Gasteiger partial charge in [-0.05, 0) is 18.6 Å². The van der Waals surface area contributed by atoms with Crippen LogP contribution in [-0.2, 0) is 13.5 Å². The molecule has 15 heavy (non-hydrogen) atoms. The molecule has 0 saturated heterocycles. The van der Waals surface area contributed by atoms with Crippen LogP contribution in [-0.4, -0.2) is 9.78 Å². The second-order valence-electron chi connectivity index (χ2n) is 3.56. The van der Waals surface area contributed by atoms with Gasteiger partial charge in [0.1, 0.15) is 11.5 Å². The van der Waals surface area contributed by atoms with E-state index in [1.54, 1.807) is 10.9 Å². The first kappa shape index (κ1) is 9.83. The lowest BCUT2D eigenvalue weighted by molar-refractivity contribution is 0.577. The standard InChI is InChI=1S/C11H15N3O/c1-3-5-8-10(9-6-4-7-15-9)13-14(2)11(8)12/h4,6-7H,3,5,12H2,1-2H3. The minimum atomic E-state index is 0.725. The molecular formula is C11H15N3O. The minimum Gasteiger partial charge on any atom is -0.463 e. The van der Waals surface area contributed by atoms with Gasteiger partial charge in [-0.25, -0.2) is 0 Å². The number of aromatic nitrogens is 2. The first-order valence-corrected chi connectivity index (χ1v) is 5.09. The third kappa shape index (κ3) is 1.63. The monoisotopic (exact) mass is 205 g/mol. The van der Waals surface area contributed by atoms with Gasteiger partial charge in [-0.15, -0.1) is 0 Å². The molecule has 0 spiro atoms. The summed E-state index contributed by atoms with van der Waals surface area (Å²) >= 11 is 0. The van der Waals surface area contributed by atoms with E-state index in [2.05, 4.69) is 12.0 Å². The second-order valence-corrected chi connectivity index (χ2v) is 3.56. The van der Waals surface area contributed by atoms with E-state index in [-0.39, 0.29) is 0 Å². The van der Waals surface area contributed by atoms with Crippen molar-refractivity contribution < 1.29 is 4.42 Å². The highest BCUT2D eigenvalue weighted by Crippen LogP contribution is 2.27. The Bertz CT molecular complexity index is 443. The Morgan fingerprint density at radius 1 is 1.53 bits per heavy atom. The summed E-state index contributed by atoms with van der Waals surface area (Å²) in [4.78, 5) is 0. The van der Waals surface area contributed by atoms with Gasteiger partial charge in [0.05, 0.1) is 6.26 Å². The van der Waals surface area contributed by atoms with Gasteiger partial charge in [-0.3, -0.25) is 4.68 Å². The average molecular weight is 205 g/mol. The van der Waals surface area contributed by atoms with Crippen LogP contribution in [0.15, 0.2) is 22.8 Å². The summed E-state index contributed by atoms with van der Waals surface area (Å²) < 4.78 is 7.04. The van der Waals surface area contributed by atoms with Gasteiger partial charge in [-0.1, -0.05) is 13.3 Å². The first-order valence-electron chi connectivity index (χ1n) is 5.09. The lowest BCUT2D eigenvalue weighted by Crippen LogP contribution is -1.99. The summed E-state index contributed by atoms with van der Waals surface area (Å²) in [5.41, 5.74) is 7.90. The zero-order valence-corrected chi connectivity index (χ0v) is 9.03. The summed E-state index contributed by atoms with van der Waals surface area (Å²) in [7, 11) is 1.85. The molecule has 80 valence electrons. The molecular weight excluding hydrogens is 190 g/mol. The highest BCUT2D eigenvalue weighted by atomic mass is 16.3. The predicted octanol–water partition coefficient (Wildman–Crippen LogP) is 2.21. The Morgan fingerprint density at radius 2 is 2.33 bits per heavy atom. The summed E-state index contributed by atoms with van der Waals surface area (Å²) in [5, 5.41) is 4.37. The van der Waals surface area contributed by atoms with E-state index in [4.69, 9.17) is 10.2 Å². The number of rotatable bonds is 3. The maximum Gasteiger partial charge on any atom is 0.154 e. The number of hydrogen-bond acceptors (Lipinski definition) is 3. The van der Waals surface area contributed by atoms with Crippen molar-refractivity contribution in [3.63, 3.8) is 0 Å². The minimum absolute atomic E-state index is 0.725. The van der Waals surface area contributed by atoms with Crippen molar-refractivity contribution in [3.05, 3.63) is 24.0 Å². The van der Waals surface area contributed by atoms with E-state index in [1.165, 1.54) is 0 Å². The molecule has 0 aromatic carbocycles. The number of furan rings is 1. The van der Waals surface area contributed by atoms with Crippen molar-refractivity contribution >= 4 is 5.82 Å². The fourth-order valence-electron chi connectivity index (χ4n) is 1.69. The predicted molar refractivity (Wildman–Crippen MR) is 59.3 cm³/mol. The second kappa shape index (κ2) is 3.81. The molecule has 0 fully saturated rings. The summed E-state index contributed by atoms with van der Waals surface area (Å²) in [6, 6.07) is 3.76. The molecule has 2 rings (SSSR count). The Labute approximate surface area is 88.7 Å². The van der Waals surface area contributed by atoms with E-state index >= 15 is 0 Å². The van der Waals surface area contributed by atoms with Crippen LogP contribution in [0.4, 0.5) is 5.82 Å². The largest absolute Gasteiger partial charge is 0.463 e. The van der Waals surface area contributed by atoms with Crippen LogP contribution in [0.5, 0.6) is 0 Å². The van der Waals surface area contributed by atoms with Crippen molar-refractivity contribution in [2.75, 3.05) is 5.73 Å². The first-order chi connectivity index (χ1) is 7.24. The average Bonchev–Trinajstić information content (AvgIpc) is 2.81. The van der Waals surface area contributed by atoms with Crippen molar-refractivity contribution in [1.82, 2.24) is 9.78 Å². The topological polar surface area (TPSA) is 57.0 Å². The summed E-state index contributed by atoms with van der Waals surface area (Å²) in [5.74, 6) is 1.51. The van der Waals surface area contributed by atoms with Gasteiger partial charge in [0.15, 0.2) is 5.76 Å². The molecule has 2 N–H and O–H groups in total. The van der Waals surface area contributed by atoms with E-state index in [1.807, 2.05) is 19.2 Å². The van der Waals surface area contributed by atoms with E-state index in [9.17, 15) is 0 Å². The van der Waals surface area contributed by atoms with Crippen LogP contribution >= 0.6 is 0 Å². The molecule has 0 atom stereocenters. The fraction of sp³-hybridized carbons (Fsp3) is 0.364. The Kier molecular flexibility index (Phi) is 2.49. The Hall–Kier alpha value is -1.71. The van der Waals surface area contributed by atoms with Crippen LogP contribution in [0.1, 0.15) is 18.9 Å². The third-order valence-corrected chi connectivity index (χ3v) is 2.45. The molecule has 0 unspecified atom stereocenters. The van der Waals surface area contributed by atoms with Crippen molar-refractivity contribution in [2.45, 2.75) is 19.8 Å². The molecule has 0 bridgehead atoms. The normalized spacial score (nSPS) is 10.8. The van der Waals surface area contributed by atoms with Gasteiger partial charge >= 0.3 is 0 Å². The Morgan fingerprint density at radius 3 is 2.93 bits per heavy atom. The Balaban J connectivity index is 2.51. The zero-order chi connectivity index (χ0) is 10.8. The van der Waals surface area contributed by atoms with Gasteiger partial charge < -0.3 is 10.2 Å². The van der Waals surface area contributed by atoms with E-state index < -0.39 is 0 Å². The molecule has 0 amide bonds. The lowest BCUT2D eigenvalue weighted by atomic mass is 10.1. The molecule has 4 nitrogen and oxygen atoms in total. The van der Waals surface area contributed by atoms with Crippen molar-refractivity contribution in [3.8, 4) is 11.5 Å². The van der Waals surface area contributed by atoms with Crippen LogP contribution in [0.3, 0.4) is 0 Å². The molecule has 2 aromatic rings. The van der Waals surface area contributed by atoms with Crippen LogP contribution in [0.2, 0.25) is 0 Å². The molecule has 0 aliphatic carbocycles. The van der Waals surface area contributed by atoms with Gasteiger partial charge in [0, 0.05) is 12.6 Å². The van der Waals surface area contributed by atoms with Crippen LogP contribution < -0.4 is 5.73 Å². The number of nitrogens with two attached hydrogens (primary N) is 1. The molecule has 4 heteroatoms. The zero-order valence-electron chi connectivity index (χ0n) is 9.03. The SMILES string of the molecule is CCCc1c(-c2ccco2)nn(C)c1N. The lowest BCUT2D eigenvalue weighted by Gasteiger charge is -1.99. The summed E-state index contributed by atoms with van der Waals surface area (Å²) in [6.07, 6.45) is 3.62. The number of nitrogens with zero attached hydrogens (tertiary/aromatic N) is 2. The number of anilines is 1. The van der Waals surface area contributed by atoms with Crippen molar-refractivity contribution in [1.29, 1.82) is 0 Å². The van der Waals surface area contributed by atoms with Gasteiger partial charge in [0.25, 0.3) is 0 Å². The van der Waals surface area contributed by atoms with Crippen LogP contribution in [0.25, 0.3) is 11.5 Å². The van der Waals surface area contributed by atoms with Crippen molar-refractivity contribution in [2.24, 2.45) is 7.05 Å². The van der Waals surface area contributed by atoms with Gasteiger partial charge in [0.2, 0.25) is 0 Å². The maximum atomic E-state index is 5.95. The number of nitrogen functional groups attached to an aromatic ring is 1. The molecule has 2 heterocycles. The summed E-state index contributed by atoms with van der Waals surface area (Å²) in [6.45, 7) is 2.12. The highest BCUT2D eigenvalue weighted by Gasteiger charge is 2.16. The quantitative estimate of drug-likeness (QED) is 0.835. The molecule has 0 aliphatic heterocycles. The maximum absolute atomic E-state index is 5.95. The van der Waals surface area contributed by atoms with E-state index in [0.29, 0.717) is 0 Å². The number of hydrogen-bond donors (Lipinski definition) is 1. The van der Waals surface area contributed by atoms with Crippen LogP contribution in [0, 0.1) is 0 Å². The molecule has 0 aliphatic rings. The third-order valence-electron chi connectivity index (χ3n) is 2.45. The molecule has 2 aromatic heterocycles. The fourth-order valence-corrected chi connectivity index (χ4v) is 1.69. The molecule has 0 radical (unpaired) electrons.